The van der Waals surface area contributed by atoms with Crippen molar-refractivity contribution >= 4 is 23.2 Å². The van der Waals surface area contributed by atoms with Crippen molar-refractivity contribution in [1.82, 2.24) is 0 Å². The molecule has 0 amide bonds. The first kappa shape index (κ1) is 14.5. The first-order chi connectivity index (χ1) is 9.70. The van der Waals surface area contributed by atoms with Crippen LogP contribution < -0.4 is 4.74 Å². The molecule has 3 heteroatoms. The van der Waals surface area contributed by atoms with Crippen LogP contribution in [0.3, 0.4) is 0 Å². The number of carbonyl (C=O) groups is 1. The second-order valence-electron chi connectivity index (χ2n) is 4.54. The van der Waals surface area contributed by atoms with E-state index in [2.05, 4.69) is 6.58 Å². The highest BCUT2D eigenvalue weighted by molar-refractivity contribution is 7.10. The van der Waals surface area contributed by atoms with Crippen molar-refractivity contribution in [2.24, 2.45) is 0 Å². The summed E-state index contributed by atoms with van der Waals surface area (Å²) in [4.78, 5) is 12.6. The van der Waals surface area contributed by atoms with Crippen LogP contribution in [0.5, 0.6) is 5.75 Å². The van der Waals surface area contributed by atoms with Gasteiger partial charge in [-0.15, -0.1) is 11.3 Å². The van der Waals surface area contributed by atoms with E-state index in [9.17, 15) is 4.79 Å². The summed E-state index contributed by atoms with van der Waals surface area (Å²) >= 11 is 1.64. The van der Waals surface area contributed by atoms with E-state index in [-0.39, 0.29) is 5.78 Å². The van der Waals surface area contributed by atoms with Crippen LogP contribution in [0.1, 0.15) is 34.1 Å². The van der Waals surface area contributed by atoms with Crippen LogP contribution in [0.15, 0.2) is 42.3 Å². The Morgan fingerprint density at radius 2 is 2.05 bits per heavy atom. The Kier molecular flexibility index (Phi) is 5.13. The lowest BCUT2D eigenvalue weighted by Gasteiger charge is -2.06. The first-order valence-corrected chi connectivity index (χ1v) is 7.51. The molecule has 0 saturated carbocycles. The highest BCUT2D eigenvalue weighted by Gasteiger charge is 2.08. The van der Waals surface area contributed by atoms with Crippen LogP contribution in [0.4, 0.5) is 0 Å². The van der Waals surface area contributed by atoms with E-state index in [4.69, 9.17) is 4.74 Å². The fourth-order valence-electron chi connectivity index (χ4n) is 1.97. The van der Waals surface area contributed by atoms with Gasteiger partial charge in [-0.1, -0.05) is 24.8 Å². The number of carbonyl (C=O) groups excluding carboxylic acids is 1. The second-order valence-corrected chi connectivity index (χ2v) is 5.54. The molecule has 0 atom stereocenters. The zero-order valence-electron chi connectivity index (χ0n) is 11.6. The van der Waals surface area contributed by atoms with Crippen molar-refractivity contribution in [2.45, 2.75) is 19.8 Å². The Labute approximate surface area is 123 Å². The largest absolute Gasteiger partial charge is 0.494 e. The molecule has 0 spiro atoms. The van der Waals surface area contributed by atoms with Gasteiger partial charge >= 0.3 is 0 Å². The predicted octanol–water partition coefficient (Wildman–Crippen LogP) is 4.61. The van der Waals surface area contributed by atoms with Gasteiger partial charge < -0.3 is 4.74 Å². The normalized spacial score (nSPS) is 10.2. The second kappa shape index (κ2) is 7.06. The van der Waals surface area contributed by atoms with Gasteiger partial charge in [0.2, 0.25) is 0 Å². The molecular weight excluding hydrogens is 268 g/mol. The predicted molar refractivity (Wildman–Crippen MR) is 84.7 cm³/mol. The maximum absolute atomic E-state index is 11.4. The van der Waals surface area contributed by atoms with E-state index in [1.165, 1.54) is 0 Å². The number of hydrogen-bond acceptors (Lipinski definition) is 3. The van der Waals surface area contributed by atoms with E-state index >= 15 is 0 Å². The minimum Gasteiger partial charge on any atom is -0.494 e. The summed E-state index contributed by atoms with van der Waals surface area (Å²) in [7, 11) is 0. The quantitative estimate of drug-likeness (QED) is 0.549. The third-order valence-electron chi connectivity index (χ3n) is 3.06. The summed E-state index contributed by atoms with van der Waals surface area (Å²) in [6.45, 7) is 5.99. The van der Waals surface area contributed by atoms with Gasteiger partial charge in [-0.25, -0.2) is 0 Å². The molecule has 0 radical (unpaired) electrons. The number of aryl methyl sites for hydroxylation is 1. The highest BCUT2D eigenvalue weighted by Crippen LogP contribution is 2.19. The number of rotatable bonds is 7. The Bertz CT molecular complexity index is 581. The van der Waals surface area contributed by atoms with Crippen molar-refractivity contribution < 1.29 is 9.53 Å². The van der Waals surface area contributed by atoms with Gasteiger partial charge in [-0.05, 0) is 48.9 Å². The average Bonchev–Trinajstić information content (AvgIpc) is 2.93. The number of ketones is 1. The first-order valence-electron chi connectivity index (χ1n) is 6.63. The molecule has 0 fully saturated rings. The number of Topliss-reactive ketones (excluding diaryl/α,β-unsaturated/α-hetero) is 1. The lowest BCUT2D eigenvalue weighted by molar-refractivity contribution is 0.101. The van der Waals surface area contributed by atoms with Gasteiger partial charge in [-0.3, -0.25) is 4.79 Å². The molecular formula is C17H18O2S. The molecule has 1 aromatic heterocycles. The molecule has 104 valence electrons. The molecule has 0 unspecified atom stereocenters. The van der Waals surface area contributed by atoms with Gasteiger partial charge in [-0.2, -0.15) is 0 Å². The number of hydrogen-bond donors (Lipinski definition) is 0. The lowest BCUT2D eigenvalue weighted by atomic mass is 10.1. The molecule has 2 aromatic rings. The molecule has 0 aliphatic heterocycles. The van der Waals surface area contributed by atoms with Crippen LogP contribution in [0.25, 0.3) is 6.08 Å². The molecule has 0 aliphatic carbocycles. The molecule has 0 bridgehead atoms. The standard InChI is InChI=1S/C17H18O2S/c1-3-14-6-8-15(9-7-14)19-11-4-5-17-16(13(2)18)10-12-20-17/h3,6-10,12H,1,4-5,11H2,2H3. The molecule has 20 heavy (non-hydrogen) atoms. The smallest absolute Gasteiger partial charge is 0.160 e. The summed E-state index contributed by atoms with van der Waals surface area (Å²) < 4.78 is 5.69. The number of ether oxygens (including phenoxy) is 1. The minimum atomic E-state index is 0.141. The van der Waals surface area contributed by atoms with Gasteiger partial charge in [0.05, 0.1) is 6.61 Å². The molecule has 2 rings (SSSR count). The zero-order valence-corrected chi connectivity index (χ0v) is 12.4. The SMILES string of the molecule is C=Cc1ccc(OCCCc2sccc2C(C)=O)cc1. The fraction of sp³-hybridized carbons (Fsp3) is 0.235. The van der Waals surface area contributed by atoms with E-state index in [1.807, 2.05) is 41.8 Å². The van der Waals surface area contributed by atoms with Gasteiger partial charge in [0.15, 0.2) is 5.78 Å². The number of benzene rings is 1. The molecule has 1 aromatic carbocycles. The molecule has 0 N–H and O–H groups in total. The highest BCUT2D eigenvalue weighted by atomic mass is 32.1. The van der Waals surface area contributed by atoms with Gasteiger partial charge in [0, 0.05) is 10.4 Å². The number of thiophene rings is 1. The summed E-state index contributed by atoms with van der Waals surface area (Å²) in [5, 5.41) is 1.97. The van der Waals surface area contributed by atoms with E-state index < -0.39 is 0 Å². The summed E-state index contributed by atoms with van der Waals surface area (Å²) in [5.41, 5.74) is 1.94. The summed E-state index contributed by atoms with van der Waals surface area (Å²) in [5.74, 6) is 1.01. The van der Waals surface area contributed by atoms with Crippen molar-refractivity contribution in [2.75, 3.05) is 6.61 Å². The topological polar surface area (TPSA) is 26.3 Å². The molecule has 1 heterocycles. The third kappa shape index (κ3) is 3.81. The summed E-state index contributed by atoms with van der Waals surface area (Å²) in [6.07, 6.45) is 3.60. The third-order valence-corrected chi connectivity index (χ3v) is 4.04. The van der Waals surface area contributed by atoms with E-state index in [0.717, 1.165) is 34.6 Å². The van der Waals surface area contributed by atoms with Gasteiger partial charge in [0.1, 0.15) is 5.75 Å². The zero-order chi connectivity index (χ0) is 14.4. The van der Waals surface area contributed by atoms with Crippen LogP contribution in [0.2, 0.25) is 0 Å². The van der Waals surface area contributed by atoms with Crippen molar-refractivity contribution in [1.29, 1.82) is 0 Å². The Hall–Kier alpha value is -1.87. The molecule has 2 nitrogen and oxygen atoms in total. The maximum atomic E-state index is 11.4. The van der Waals surface area contributed by atoms with Crippen LogP contribution >= 0.6 is 11.3 Å². The monoisotopic (exact) mass is 286 g/mol. The van der Waals surface area contributed by atoms with Crippen molar-refractivity contribution in [3.8, 4) is 5.75 Å². The Balaban J connectivity index is 1.79. The average molecular weight is 286 g/mol. The van der Waals surface area contributed by atoms with E-state index in [0.29, 0.717) is 6.61 Å². The lowest BCUT2D eigenvalue weighted by Crippen LogP contribution is -2.01. The van der Waals surface area contributed by atoms with Crippen LogP contribution in [-0.2, 0) is 6.42 Å². The van der Waals surface area contributed by atoms with Crippen molar-refractivity contribution in [3.63, 3.8) is 0 Å². The molecule has 0 saturated heterocycles. The van der Waals surface area contributed by atoms with E-state index in [1.54, 1.807) is 18.3 Å². The van der Waals surface area contributed by atoms with Crippen LogP contribution in [-0.4, -0.2) is 12.4 Å². The minimum absolute atomic E-state index is 0.141. The van der Waals surface area contributed by atoms with Crippen molar-refractivity contribution in [3.05, 3.63) is 58.3 Å². The summed E-state index contributed by atoms with van der Waals surface area (Å²) in [6, 6.07) is 9.76. The van der Waals surface area contributed by atoms with Crippen LogP contribution in [0, 0.1) is 0 Å². The van der Waals surface area contributed by atoms with Gasteiger partial charge in [0.25, 0.3) is 0 Å². The maximum Gasteiger partial charge on any atom is 0.160 e. The Morgan fingerprint density at radius 1 is 1.30 bits per heavy atom. The Morgan fingerprint density at radius 3 is 2.70 bits per heavy atom. The molecule has 0 aliphatic rings. The fourth-order valence-corrected chi connectivity index (χ4v) is 2.94.